The highest BCUT2D eigenvalue weighted by atomic mass is 16.7. The van der Waals surface area contributed by atoms with Crippen LogP contribution in [0.3, 0.4) is 0 Å². The van der Waals surface area contributed by atoms with Gasteiger partial charge in [0.05, 0.1) is 0 Å². The van der Waals surface area contributed by atoms with E-state index < -0.39 is 0 Å². The number of nitrogens with one attached hydrogen (secondary N) is 2. The lowest BCUT2D eigenvalue weighted by atomic mass is 10.1. The molecule has 1 aliphatic heterocycles. The van der Waals surface area contributed by atoms with Crippen LogP contribution in [-0.2, 0) is 6.42 Å². The standard InChI is InChI=1S/C21H20N4O3/c1-14-23-17(12-20(24-14)22-10-9-15-5-3-2-4-6-15)21(26)25-16-7-8-18-19(11-16)28-13-27-18/h2-8,11-12H,9-10,13H2,1H3,(H,25,26)(H,22,23,24). The van der Waals surface area contributed by atoms with Crippen molar-refractivity contribution < 1.29 is 14.3 Å². The van der Waals surface area contributed by atoms with Crippen LogP contribution >= 0.6 is 0 Å². The lowest BCUT2D eigenvalue weighted by Gasteiger charge is -2.10. The Bertz CT molecular complexity index is 992. The summed E-state index contributed by atoms with van der Waals surface area (Å²) in [5.74, 6) is 2.12. The van der Waals surface area contributed by atoms with E-state index in [0.717, 1.165) is 6.42 Å². The van der Waals surface area contributed by atoms with Gasteiger partial charge in [-0.3, -0.25) is 4.79 Å². The first-order chi connectivity index (χ1) is 13.7. The van der Waals surface area contributed by atoms with Gasteiger partial charge in [0.15, 0.2) is 11.5 Å². The third-order valence-corrected chi connectivity index (χ3v) is 4.26. The summed E-state index contributed by atoms with van der Waals surface area (Å²) in [6, 6.07) is 17.1. The molecule has 4 rings (SSSR count). The largest absolute Gasteiger partial charge is 0.454 e. The fourth-order valence-corrected chi connectivity index (χ4v) is 2.92. The zero-order chi connectivity index (χ0) is 19.3. The summed E-state index contributed by atoms with van der Waals surface area (Å²) in [6.45, 7) is 2.67. The second kappa shape index (κ2) is 7.96. The van der Waals surface area contributed by atoms with E-state index in [4.69, 9.17) is 9.47 Å². The number of ether oxygens (including phenoxy) is 2. The number of benzene rings is 2. The Hall–Kier alpha value is -3.61. The van der Waals surface area contributed by atoms with Crippen LogP contribution in [-0.4, -0.2) is 29.2 Å². The lowest BCUT2D eigenvalue weighted by Crippen LogP contribution is -2.16. The van der Waals surface area contributed by atoms with Crippen LogP contribution in [0.25, 0.3) is 0 Å². The highest BCUT2D eigenvalue weighted by molar-refractivity contribution is 6.03. The van der Waals surface area contributed by atoms with Gasteiger partial charge in [0.2, 0.25) is 6.79 Å². The number of carbonyl (C=O) groups is 1. The van der Waals surface area contributed by atoms with Crippen LogP contribution in [0.1, 0.15) is 21.9 Å². The smallest absolute Gasteiger partial charge is 0.274 e. The molecule has 0 bridgehead atoms. The van der Waals surface area contributed by atoms with E-state index in [1.54, 1.807) is 31.2 Å². The van der Waals surface area contributed by atoms with Gasteiger partial charge in [-0.2, -0.15) is 0 Å². The normalized spacial score (nSPS) is 11.9. The minimum absolute atomic E-state index is 0.190. The summed E-state index contributed by atoms with van der Waals surface area (Å²) in [6.07, 6.45) is 0.864. The predicted octanol–water partition coefficient (Wildman–Crippen LogP) is 3.42. The second-order valence-corrected chi connectivity index (χ2v) is 6.37. The van der Waals surface area contributed by atoms with Gasteiger partial charge in [-0.1, -0.05) is 30.3 Å². The number of anilines is 2. The first-order valence-corrected chi connectivity index (χ1v) is 9.02. The lowest BCUT2D eigenvalue weighted by molar-refractivity contribution is 0.102. The fraction of sp³-hybridized carbons (Fsp3) is 0.190. The molecule has 0 radical (unpaired) electrons. The second-order valence-electron chi connectivity index (χ2n) is 6.37. The number of aromatic nitrogens is 2. The van der Waals surface area contributed by atoms with E-state index in [1.807, 2.05) is 18.2 Å². The van der Waals surface area contributed by atoms with E-state index in [1.165, 1.54) is 5.56 Å². The van der Waals surface area contributed by atoms with E-state index in [9.17, 15) is 4.79 Å². The summed E-state index contributed by atoms with van der Waals surface area (Å²) >= 11 is 0. The number of carbonyl (C=O) groups excluding carboxylic acids is 1. The van der Waals surface area contributed by atoms with Crippen molar-refractivity contribution >= 4 is 17.4 Å². The topological polar surface area (TPSA) is 85.4 Å². The van der Waals surface area contributed by atoms with Crippen LogP contribution in [0.15, 0.2) is 54.6 Å². The number of aryl methyl sites for hydroxylation is 1. The fourth-order valence-electron chi connectivity index (χ4n) is 2.92. The molecule has 3 aromatic rings. The molecule has 0 unspecified atom stereocenters. The Morgan fingerprint density at radius 2 is 1.86 bits per heavy atom. The molecule has 0 spiro atoms. The van der Waals surface area contributed by atoms with E-state index >= 15 is 0 Å². The maximum Gasteiger partial charge on any atom is 0.274 e. The number of hydrogen-bond donors (Lipinski definition) is 2. The van der Waals surface area contributed by atoms with Crippen molar-refractivity contribution in [2.75, 3.05) is 24.0 Å². The quantitative estimate of drug-likeness (QED) is 0.686. The number of amides is 1. The van der Waals surface area contributed by atoms with Crippen LogP contribution < -0.4 is 20.1 Å². The molecule has 28 heavy (non-hydrogen) atoms. The molecule has 1 amide bonds. The van der Waals surface area contributed by atoms with Crippen molar-refractivity contribution in [3.8, 4) is 11.5 Å². The van der Waals surface area contributed by atoms with Crippen LogP contribution in [0.4, 0.5) is 11.5 Å². The predicted molar refractivity (Wildman–Crippen MR) is 106 cm³/mol. The Labute approximate surface area is 162 Å². The SMILES string of the molecule is Cc1nc(NCCc2ccccc2)cc(C(=O)Nc2ccc3c(c2)OCO3)n1. The van der Waals surface area contributed by atoms with Gasteiger partial charge in [0.1, 0.15) is 17.3 Å². The molecule has 0 aliphatic carbocycles. The Balaban J connectivity index is 1.41. The molecule has 2 N–H and O–H groups in total. The van der Waals surface area contributed by atoms with Crippen molar-refractivity contribution in [2.24, 2.45) is 0 Å². The molecule has 142 valence electrons. The molecule has 0 atom stereocenters. The van der Waals surface area contributed by atoms with Crippen LogP contribution in [0.2, 0.25) is 0 Å². The third kappa shape index (κ3) is 4.20. The molecule has 0 saturated carbocycles. The molecule has 2 aromatic carbocycles. The highest BCUT2D eigenvalue weighted by Crippen LogP contribution is 2.34. The summed E-state index contributed by atoms with van der Waals surface area (Å²) < 4.78 is 10.6. The minimum Gasteiger partial charge on any atom is -0.454 e. The average Bonchev–Trinajstić information content (AvgIpc) is 3.16. The van der Waals surface area contributed by atoms with Crippen molar-refractivity contribution in [1.29, 1.82) is 0 Å². The summed E-state index contributed by atoms with van der Waals surface area (Å²) in [5, 5.41) is 6.09. The minimum atomic E-state index is -0.310. The first-order valence-electron chi connectivity index (χ1n) is 9.02. The number of nitrogens with zero attached hydrogens (tertiary/aromatic N) is 2. The molecule has 0 saturated heterocycles. The average molecular weight is 376 g/mol. The van der Waals surface area contributed by atoms with Crippen molar-refractivity contribution in [3.05, 3.63) is 71.7 Å². The molecular weight excluding hydrogens is 356 g/mol. The Kier molecular flexibility index (Phi) is 5.05. The molecular formula is C21H20N4O3. The molecule has 1 aromatic heterocycles. The highest BCUT2D eigenvalue weighted by Gasteiger charge is 2.16. The molecule has 2 heterocycles. The molecule has 7 heteroatoms. The van der Waals surface area contributed by atoms with Gasteiger partial charge in [-0.05, 0) is 31.0 Å². The maximum atomic E-state index is 12.6. The zero-order valence-electron chi connectivity index (χ0n) is 15.4. The van der Waals surface area contributed by atoms with Gasteiger partial charge in [0, 0.05) is 24.4 Å². The van der Waals surface area contributed by atoms with Gasteiger partial charge in [-0.25, -0.2) is 9.97 Å². The third-order valence-electron chi connectivity index (χ3n) is 4.26. The first kappa shape index (κ1) is 17.8. The Morgan fingerprint density at radius 1 is 1.04 bits per heavy atom. The zero-order valence-corrected chi connectivity index (χ0v) is 15.4. The molecule has 0 fully saturated rings. The van der Waals surface area contributed by atoms with Gasteiger partial charge in [-0.15, -0.1) is 0 Å². The monoisotopic (exact) mass is 376 g/mol. The van der Waals surface area contributed by atoms with Crippen molar-refractivity contribution in [2.45, 2.75) is 13.3 Å². The van der Waals surface area contributed by atoms with Gasteiger partial charge < -0.3 is 20.1 Å². The van der Waals surface area contributed by atoms with Crippen LogP contribution in [0, 0.1) is 6.92 Å². The summed E-state index contributed by atoms with van der Waals surface area (Å²) in [7, 11) is 0. The number of hydrogen-bond acceptors (Lipinski definition) is 6. The maximum absolute atomic E-state index is 12.6. The van der Waals surface area contributed by atoms with E-state index in [-0.39, 0.29) is 12.7 Å². The number of fused-ring (bicyclic) bond motifs is 1. The summed E-state index contributed by atoms with van der Waals surface area (Å²) in [4.78, 5) is 21.2. The van der Waals surface area contributed by atoms with Gasteiger partial charge >= 0.3 is 0 Å². The summed E-state index contributed by atoms with van der Waals surface area (Å²) in [5.41, 5.74) is 2.15. The van der Waals surface area contributed by atoms with E-state index in [2.05, 4.69) is 32.7 Å². The van der Waals surface area contributed by atoms with Crippen molar-refractivity contribution in [3.63, 3.8) is 0 Å². The molecule has 7 nitrogen and oxygen atoms in total. The van der Waals surface area contributed by atoms with Crippen molar-refractivity contribution in [1.82, 2.24) is 9.97 Å². The van der Waals surface area contributed by atoms with E-state index in [0.29, 0.717) is 41.1 Å². The van der Waals surface area contributed by atoms with Crippen LogP contribution in [0.5, 0.6) is 11.5 Å². The number of rotatable bonds is 6. The molecule has 1 aliphatic rings. The van der Waals surface area contributed by atoms with Gasteiger partial charge in [0.25, 0.3) is 5.91 Å². The Morgan fingerprint density at radius 3 is 2.71 bits per heavy atom.